The van der Waals surface area contributed by atoms with Crippen LogP contribution >= 0.6 is 0 Å². The minimum absolute atomic E-state index is 0.0481. The van der Waals surface area contributed by atoms with E-state index in [9.17, 15) is 27.5 Å². The smallest absolute Gasteiger partial charge is 0.391 e. The van der Waals surface area contributed by atoms with E-state index in [1.807, 2.05) is 11.0 Å². The molecule has 8 nitrogen and oxygen atoms in total. The molecule has 38 heavy (non-hydrogen) atoms. The van der Waals surface area contributed by atoms with Gasteiger partial charge in [0.15, 0.2) is 0 Å². The fourth-order valence-electron chi connectivity index (χ4n) is 4.75. The largest absolute Gasteiger partial charge is 0.475 e. The van der Waals surface area contributed by atoms with E-state index in [0.29, 0.717) is 48.8 Å². The maximum absolute atomic E-state index is 14.9. The van der Waals surface area contributed by atoms with E-state index in [1.54, 1.807) is 13.0 Å². The number of aliphatic hydroxyl groups excluding tert-OH is 1. The second-order valence-corrected chi connectivity index (χ2v) is 9.63. The molecular formula is C26H32F4N4O4. The number of carbonyl (C=O) groups is 1. The molecule has 2 amide bonds. The Balaban J connectivity index is 1.58. The lowest BCUT2D eigenvalue weighted by atomic mass is 9.93. The average molecular weight is 541 g/mol. The fraction of sp³-hybridized carbons (Fsp3) is 0.538. The number of ether oxygens (including phenoxy) is 2. The highest BCUT2D eigenvalue weighted by atomic mass is 19.4. The van der Waals surface area contributed by atoms with Crippen LogP contribution in [-0.4, -0.2) is 79.8 Å². The van der Waals surface area contributed by atoms with Crippen LogP contribution < -0.4 is 15.0 Å². The van der Waals surface area contributed by atoms with Gasteiger partial charge in [0.2, 0.25) is 5.88 Å². The number of carbonyl (C=O) groups excluding carboxylic acids is 1. The zero-order valence-corrected chi connectivity index (χ0v) is 21.4. The Kier molecular flexibility index (Phi) is 8.61. The minimum Gasteiger partial charge on any atom is -0.475 e. The predicted molar refractivity (Wildman–Crippen MR) is 134 cm³/mol. The number of nitrogens with one attached hydrogen (secondary N) is 1. The van der Waals surface area contributed by atoms with E-state index < -0.39 is 29.9 Å². The molecule has 1 aromatic heterocycles. The van der Waals surface area contributed by atoms with Gasteiger partial charge in [0.1, 0.15) is 18.2 Å². The Morgan fingerprint density at radius 2 is 1.97 bits per heavy atom. The number of benzene rings is 1. The predicted octanol–water partition coefficient (Wildman–Crippen LogP) is 4.46. The van der Waals surface area contributed by atoms with Crippen molar-refractivity contribution in [3.63, 3.8) is 0 Å². The first-order chi connectivity index (χ1) is 18.1. The Labute approximate surface area is 218 Å². The monoisotopic (exact) mass is 540 g/mol. The number of pyridine rings is 1. The molecule has 4 rings (SSSR count). The molecule has 2 atom stereocenters. The maximum Gasteiger partial charge on any atom is 0.391 e. The van der Waals surface area contributed by atoms with E-state index >= 15 is 0 Å². The molecule has 0 radical (unpaired) electrons. The van der Waals surface area contributed by atoms with Gasteiger partial charge < -0.3 is 29.7 Å². The molecular weight excluding hydrogens is 508 g/mol. The standard InChI is InChI=1S/C26H32F4N4O4/c1-16-11-21(27)22(31-25(36)34-4-3-18(15-34)17(2)26(28,29)30)14-20(16)19-12-23(33-5-8-37-9-6-33)32-24(13-19)38-10-7-35/h11-14,17-18,35H,3-10,15H2,1-2H3,(H,31,36)/t17?,18-/m0/s1. The van der Waals surface area contributed by atoms with Crippen molar-refractivity contribution in [3.05, 3.63) is 35.6 Å². The Morgan fingerprint density at radius 1 is 1.24 bits per heavy atom. The number of nitrogens with zero attached hydrogens (tertiary/aromatic N) is 3. The van der Waals surface area contributed by atoms with Crippen molar-refractivity contribution in [1.82, 2.24) is 9.88 Å². The van der Waals surface area contributed by atoms with Crippen LogP contribution in [0.15, 0.2) is 24.3 Å². The van der Waals surface area contributed by atoms with Gasteiger partial charge in [-0.05, 0) is 54.2 Å². The molecule has 2 aliphatic rings. The number of anilines is 2. The summed E-state index contributed by atoms with van der Waals surface area (Å²) in [4.78, 5) is 20.7. The first-order valence-corrected chi connectivity index (χ1v) is 12.6. The summed E-state index contributed by atoms with van der Waals surface area (Å²) in [6, 6.07) is 5.67. The van der Waals surface area contributed by atoms with Gasteiger partial charge in [-0.3, -0.25) is 0 Å². The number of likely N-dealkylation sites (tertiary alicyclic amines) is 1. The van der Waals surface area contributed by atoms with Crippen molar-refractivity contribution in [3.8, 4) is 17.0 Å². The van der Waals surface area contributed by atoms with Gasteiger partial charge in [0.25, 0.3) is 0 Å². The number of rotatable bonds is 7. The van der Waals surface area contributed by atoms with E-state index in [0.717, 1.165) is 6.92 Å². The number of aryl methyl sites for hydroxylation is 1. The first kappa shape index (κ1) is 27.9. The third-order valence-electron chi connectivity index (χ3n) is 7.07. The highest BCUT2D eigenvalue weighted by Gasteiger charge is 2.44. The number of morpholine rings is 1. The SMILES string of the molecule is Cc1cc(F)c(NC(=O)N2CC[C@H](C(C)C(F)(F)F)C2)cc1-c1cc(OCCO)nc(N2CCOCC2)c1. The molecule has 208 valence electrons. The van der Waals surface area contributed by atoms with Crippen molar-refractivity contribution < 1.29 is 36.9 Å². The number of hydrogen-bond donors (Lipinski definition) is 2. The topological polar surface area (TPSA) is 87.2 Å². The molecule has 0 saturated carbocycles. The first-order valence-electron chi connectivity index (χ1n) is 12.6. The summed E-state index contributed by atoms with van der Waals surface area (Å²) < 4.78 is 65.2. The highest BCUT2D eigenvalue weighted by Crippen LogP contribution is 2.37. The zero-order valence-electron chi connectivity index (χ0n) is 21.4. The number of urea groups is 1. The third kappa shape index (κ3) is 6.47. The lowest BCUT2D eigenvalue weighted by molar-refractivity contribution is -0.182. The number of amides is 2. The van der Waals surface area contributed by atoms with Gasteiger partial charge in [0, 0.05) is 32.2 Å². The van der Waals surface area contributed by atoms with Crippen LogP contribution in [0.4, 0.5) is 33.9 Å². The zero-order chi connectivity index (χ0) is 27.4. The Hall–Kier alpha value is -3.12. The summed E-state index contributed by atoms with van der Waals surface area (Å²) in [5.74, 6) is -1.97. The number of halogens is 4. The number of hydrogen-bond acceptors (Lipinski definition) is 6. The van der Waals surface area contributed by atoms with Gasteiger partial charge in [-0.15, -0.1) is 0 Å². The Bertz CT molecular complexity index is 1140. The van der Waals surface area contributed by atoms with Crippen LogP contribution in [0.3, 0.4) is 0 Å². The van der Waals surface area contributed by atoms with Gasteiger partial charge >= 0.3 is 12.2 Å². The van der Waals surface area contributed by atoms with Crippen molar-refractivity contribution in [2.24, 2.45) is 11.8 Å². The van der Waals surface area contributed by atoms with Crippen molar-refractivity contribution in [2.45, 2.75) is 26.4 Å². The van der Waals surface area contributed by atoms with Crippen LogP contribution in [0.1, 0.15) is 18.9 Å². The summed E-state index contributed by atoms with van der Waals surface area (Å²) in [6.07, 6.45) is -4.10. The van der Waals surface area contributed by atoms with Gasteiger partial charge in [-0.25, -0.2) is 9.18 Å². The summed E-state index contributed by atoms with van der Waals surface area (Å²) in [7, 11) is 0. The Morgan fingerprint density at radius 3 is 2.66 bits per heavy atom. The van der Waals surface area contributed by atoms with E-state index in [-0.39, 0.29) is 44.3 Å². The van der Waals surface area contributed by atoms with Gasteiger partial charge in [-0.2, -0.15) is 18.2 Å². The van der Waals surface area contributed by atoms with Crippen LogP contribution in [-0.2, 0) is 4.74 Å². The molecule has 2 aliphatic heterocycles. The fourth-order valence-corrected chi connectivity index (χ4v) is 4.75. The van der Waals surface area contributed by atoms with E-state index in [4.69, 9.17) is 9.47 Å². The molecule has 2 saturated heterocycles. The summed E-state index contributed by atoms with van der Waals surface area (Å²) in [6.45, 7) is 5.17. The van der Waals surface area contributed by atoms with Crippen molar-refractivity contribution in [1.29, 1.82) is 0 Å². The molecule has 2 aromatic rings. The quantitative estimate of drug-likeness (QED) is 0.505. The van der Waals surface area contributed by atoms with Crippen LogP contribution in [0, 0.1) is 24.6 Å². The van der Waals surface area contributed by atoms with Gasteiger partial charge in [0.05, 0.1) is 31.4 Å². The van der Waals surface area contributed by atoms with Crippen LogP contribution in [0.25, 0.3) is 11.1 Å². The van der Waals surface area contributed by atoms with E-state index in [2.05, 4.69) is 10.3 Å². The van der Waals surface area contributed by atoms with Crippen molar-refractivity contribution in [2.75, 3.05) is 62.8 Å². The second kappa shape index (κ2) is 11.7. The lowest BCUT2D eigenvalue weighted by Crippen LogP contribution is -2.36. The maximum atomic E-state index is 14.9. The van der Waals surface area contributed by atoms with Gasteiger partial charge in [-0.1, -0.05) is 6.92 Å². The molecule has 0 spiro atoms. The molecule has 2 fully saturated rings. The lowest BCUT2D eigenvalue weighted by Gasteiger charge is -2.28. The van der Waals surface area contributed by atoms with Crippen LogP contribution in [0.2, 0.25) is 0 Å². The number of aromatic nitrogens is 1. The van der Waals surface area contributed by atoms with Crippen LogP contribution in [0.5, 0.6) is 5.88 Å². The molecule has 3 heterocycles. The van der Waals surface area contributed by atoms with E-state index in [1.165, 1.54) is 17.0 Å². The number of aliphatic hydroxyl groups is 1. The molecule has 0 bridgehead atoms. The van der Waals surface area contributed by atoms with Crippen molar-refractivity contribution >= 4 is 17.5 Å². The summed E-state index contributed by atoms with van der Waals surface area (Å²) >= 11 is 0. The molecule has 0 aliphatic carbocycles. The second-order valence-electron chi connectivity index (χ2n) is 9.63. The molecule has 2 N–H and O–H groups in total. The summed E-state index contributed by atoms with van der Waals surface area (Å²) in [5, 5.41) is 11.7. The number of alkyl halides is 3. The normalized spacial score (nSPS) is 19.0. The molecule has 1 unspecified atom stereocenters. The average Bonchev–Trinajstić information content (AvgIpc) is 3.38. The minimum atomic E-state index is -4.33. The third-order valence-corrected chi connectivity index (χ3v) is 7.07. The highest BCUT2D eigenvalue weighted by molar-refractivity contribution is 5.91. The summed E-state index contributed by atoms with van der Waals surface area (Å²) in [5.41, 5.74) is 1.82. The molecule has 1 aromatic carbocycles. The molecule has 12 heteroatoms.